The lowest BCUT2D eigenvalue weighted by Crippen LogP contribution is -2.59. The molecule has 1 spiro atoms. The van der Waals surface area contributed by atoms with Gasteiger partial charge in [0.1, 0.15) is 6.04 Å². The predicted octanol–water partition coefficient (Wildman–Crippen LogP) is 2.34. The number of nitrogens with zero attached hydrogens (tertiary/aromatic N) is 3. The number of esters is 1. The lowest BCUT2D eigenvalue weighted by atomic mass is 9.71. The van der Waals surface area contributed by atoms with Crippen LogP contribution in [0, 0.1) is 17.8 Å². The molecule has 0 aliphatic carbocycles. The highest BCUT2D eigenvalue weighted by Gasteiger charge is 2.75. The normalized spacial score (nSPS) is 31.1. The fourth-order valence-electron chi connectivity index (χ4n) is 7.01. The Hall–Kier alpha value is -1.88. The molecule has 1 N–H and O–H groups in total. The fourth-order valence-corrected chi connectivity index (χ4v) is 9.20. The average molecular weight is 578 g/mol. The number of likely N-dealkylation sites (tertiary alicyclic amines) is 1. The van der Waals surface area contributed by atoms with Gasteiger partial charge in [0.2, 0.25) is 11.8 Å². The summed E-state index contributed by atoms with van der Waals surface area (Å²) in [7, 11) is 0. The van der Waals surface area contributed by atoms with E-state index in [9.17, 15) is 19.5 Å². The second-order valence-electron chi connectivity index (χ2n) is 11.6. The van der Waals surface area contributed by atoms with Gasteiger partial charge in [-0.3, -0.25) is 19.3 Å². The summed E-state index contributed by atoms with van der Waals surface area (Å²) < 4.78 is 10.4. The van der Waals surface area contributed by atoms with Crippen molar-refractivity contribution in [2.24, 2.45) is 17.8 Å². The molecule has 4 rings (SSSR count). The number of aliphatic hydroxyl groups is 1. The van der Waals surface area contributed by atoms with Gasteiger partial charge in [-0.2, -0.15) is 0 Å². The second kappa shape index (κ2) is 13.9. The van der Waals surface area contributed by atoms with Crippen molar-refractivity contribution in [2.45, 2.75) is 68.0 Å². The number of unbranched alkanes of at least 4 members (excludes halogenated alkanes) is 1. The molecule has 0 radical (unpaired) electrons. The molecule has 4 fully saturated rings. The molecule has 2 unspecified atom stereocenters. The van der Waals surface area contributed by atoms with E-state index in [1.165, 1.54) is 0 Å². The first-order chi connectivity index (χ1) is 19.3. The zero-order chi connectivity index (χ0) is 28.9. The van der Waals surface area contributed by atoms with Crippen LogP contribution in [0.25, 0.3) is 0 Å². The number of allylic oxidation sites excluding steroid dienone is 1. The van der Waals surface area contributed by atoms with Crippen molar-refractivity contribution in [1.29, 1.82) is 0 Å². The van der Waals surface area contributed by atoms with Gasteiger partial charge in [0.05, 0.1) is 49.1 Å². The molecule has 0 aromatic heterocycles. The molecule has 10 heteroatoms. The van der Waals surface area contributed by atoms with Crippen molar-refractivity contribution in [3.8, 4) is 0 Å². The first-order valence-electron chi connectivity index (χ1n) is 14.9. The molecular weight excluding hydrogens is 530 g/mol. The molecule has 40 heavy (non-hydrogen) atoms. The molecule has 7 atom stereocenters. The van der Waals surface area contributed by atoms with Crippen molar-refractivity contribution in [3.05, 3.63) is 25.3 Å². The highest BCUT2D eigenvalue weighted by Crippen LogP contribution is 2.67. The van der Waals surface area contributed by atoms with Gasteiger partial charge in [-0.15, -0.1) is 24.9 Å². The minimum atomic E-state index is -0.741. The Morgan fingerprint density at radius 3 is 2.70 bits per heavy atom. The number of hydrogen-bond acceptors (Lipinski definition) is 8. The Labute approximate surface area is 243 Å². The maximum atomic E-state index is 14.6. The van der Waals surface area contributed by atoms with Gasteiger partial charge < -0.3 is 24.4 Å². The van der Waals surface area contributed by atoms with E-state index in [4.69, 9.17) is 9.47 Å². The standard InChI is InChI=1S/C30H47N3O6S/c1-5-8-9-17-39-29(37)24-23-10-11-30(40-23)25(24)27(35)33(22(20-34)21(4)7-3)26(30)28(36)32(12-6-2)14-13-31-15-18-38-19-16-31/h5-6,21-26,34H,1-2,7-20H2,3-4H3/t21-,22-,23+,24-,25-,26?,30?/m0/s1. The molecule has 4 aliphatic rings. The summed E-state index contributed by atoms with van der Waals surface area (Å²) >= 11 is 1.64. The smallest absolute Gasteiger partial charge is 0.310 e. The van der Waals surface area contributed by atoms with Gasteiger partial charge in [0.25, 0.3) is 0 Å². The quantitative estimate of drug-likeness (QED) is 0.180. The van der Waals surface area contributed by atoms with Crippen LogP contribution >= 0.6 is 11.8 Å². The van der Waals surface area contributed by atoms with Crippen molar-refractivity contribution < 1.29 is 29.0 Å². The number of rotatable bonds is 15. The van der Waals surface area contributed by atoms with Crippen LogP contribution in [0.1, 0.15) is 46.0 Å². The van der Waals surface area contributed by atoms with E-state index in [2.05, 4.69) is 18.1 Å². The minimum absolute atomic E-state index is 0.00724. The number of carbonyl (C=O) groups is 3. The molecule has 0 aromatic carbocycles. The number of fused-ring (bicyclic) bond motifs is 1. The highest BCUT2D eigenvalue weighted by molar-refractivity contribution is 8.02. The van der Waals surface area contributed by atoms with Crippen LogP contribution < -0.4 is 0 Å². The number of aliphatic hydroxyl groups excluding tert-OH is 1. The summed E-state index contributed by atoms with van der Waals surface area (Å²) in [5, 5.41) is 10.5. The topological polar surface area (TPSA) is 99.6 Å². The second-order valence-corrected chi connectivity index (χ2v) is 13.2. The molecule has 4 aliphatic heterocycles. The number of thioether (sulfide) groups is 1. The summed E-state index contributed by atoms with van der Waals surface area (Å²) in [6, 6.07) is -1.24. The van der Waals surface area contributed by atoms with Crippen molar-refractivity contribution >= 4 is 29.5 Å². The van der Waals surface area contributed by atoms with E-state index in [1.807, 2.05) is 18.7 Å². The van der Waals surface area contributed by atoms with Crippen LogP contribution in [0.3, 0.4) is 0 Å². The third-order valence-electron chi connectivity index (χ3n) is 9.34. The molecule has 2 bridgehead atoms. The van der Waals surface area contributed by atoms with Gasteiger partial charge in [0, 0.05) is 38.0 Å². The Morgan fingerprint density at radius 2 is 2.05 bits per heavy atom. The Bertz CT molecular complexity index is 942. The minimum Gasteiger partial charge on any atom is -0.465 e. The lowest BCUT2D eigenvalue weighted by molar-refractivity contribution is -0.155. The summed E-state index contributed by atoms with van der Waals surface area (Å²) in [4.78, 5) is 48.1. The summed E-state index contributed by atoms with van der Waals surface area (Å²) in [6.45, 7) is 16.3. The van der Waals surface area contributed by atoms with Gasteiger partial charge >= 0.3 is 5.97 Å². The van der Waals surface area contributed by atoms with Crippen LogP contribution in [0.2, 0.25) is 0 Å². The van der Waals surface area contributed by atoms with Crippen molar-refractivity contribution in [2.75, 3.05) is 59.2 Å². The molecule has 4 heterocycles. The number of ether oxygens (including phenoxy) is 2. The zero-order valence-electron chi connectivity index (χ0n) is 24.2. The number of amides is 2. The van der Waals surface area contributed by atoms with Crippen LogP contribution in [0.4, 0.5) is 0 Å². The molecule has 2 amide bonds. The third kappa shape index (κ3) is 5.87. The maximum absolute atomic E-state index is 14.6. The van der Waals surface area contributed by atoms with Gasteiger partial charge in [0.15, 0.2) is 0 Å². The van der Waals surface area contributed by atoms with Crippen LogP contribution in [0.15, 0.2) is 25.3 Å². The molecule has 9 nitrogen and oxygen atoms in total. The number of hydrogen-bond donors (Lipinski definition) is 1. The summed E-state index contributed by atoms with van der Waals surface area (Å²) in [6.07, 6.45) is 7.18. The average Bonchev–Trinajstić information content (AvgIpc) is 3.61. The first-order valence-corrected chi connectivity index (χ1v) is 15.8. The lowest BCUT2D eigenvalue weighted by Gasteiger charge is -2.41. The van der Waals surface area contributed by atoms with E-state index in [0.717, 1.165) is 32.4 Å². The third-order valence-corrected chi connectivity index (χ3v) is 11.3. The van der Waals surface area contributed by atoms with Gasteiger partial charge in [-0.1, -0.05) is 32.4 Å². The van der Waals surface area contributed by atoms with E-state index < -0.39 is 28.7 Å². The maximum Gasteiger partial charge on any atom is 0.310 e. The SMILES string of the molecule is C=CCCCOC(=O)[C@@H]1[C@H]2C(=O)N([C@@H](CO)[C@@H](C)CC)C(C(=O)N(CC=C)CCN3CCOCC3)C23CC[C@H]1S3. The molecule has 224 valence electrons. The fraction of sp³-hybridized carbons (Fsp3) is 0.767. The summed E-state index contributed by atoms with van der Waals surface area (Å²) in [5.41, 5.74) is 0. The highest BCUT2D eigenvalue weighted by atomic mass is 32.2. The largest absolute Gasteiger partial charge is 0.465 e. The van der Waals surface area contributed by atoms with Crippen LogP contribution in [-0.2, 0) is 23.9 Å². The Balaban J connectivity index is 1.65. The monoisotopic (exact) mass is 577 g/mol. The number of morpholine rings is 1. The van der Waals surface area contributed by atoms with Crippen LogP contribution in [-0.4, -0.2) is 119 Å². The van der Waals surface area contributed by atoms with Gasteiger partial charge in [-0.05, 0) is 31.6 Å². The Kier molecular flexibility index (Phi) is 10.8. The predicted molar refractivity (Wildman–Crippen MR) is 156 cm³/mol. The van der Waals surface area contributed by atoms with E-state index in [0.29, 0.717) is 52.3 Å². The van der Waals surface area contributed by atoms with Crippen molar-refractivity contribution in [3.63, 3.8) is 0 Å². The first kappa shape index (κ1) is 31.1. The van der Waals surface area contributed by atoms with Crippen LogP contribution in [0.5, 0.6) is 0 Å². The molecule has 0 aromatic rings. The van der Waals surface area contributed by atoms with E-state index >= 15 is 0 Å². The Morgan fingerprint density at radius 1 is 1.30 bits per heavy atom. The number of carbonyl (C=O) groups excluding carboxylic acids is 3. The summed E-state index contributed by atoms with van der Waals surface area (Å²) in [5.74, 6) is -1.85. The molecule has 0 saturated carbocycles. The van der Waals surface area contributed by atoms with Crippen molar-refractivity contribution in [1.82, 2.24) is 14.7 Å². The molecular formula is C30H47N3O6S. The van der Waals surface area contributed by atoms with E-state index in [-0.39, 0.29) is 35.6 Å². The van der Waals surface area contributed by atoms with Gasteiger partial charge in [-0.25, -0.2) is 0 Å². The van der Waals surface area contributed by atoms with E-state index in [1.54, 1.807) is 28.8 Å². The zero-order valence-corrected chi connectivity index (χ0v) is 25.0. The molecule has 4 saturated heterocycles.